The van der Waals surface area contributed by atoms with Crippen molar-refractivity contribution in [1.82, 2.24) is 9.21 Å². The summed E-state index contributed by atoms with van der Waals surface area (Å²) in [5.41, 5.74) is 1.53. The highest BCUT2D eigenvalue weighted by Gasteiger charge is 2.32. The lowest BCUT2D eigenvalue weighted by Gasteiger charge is -2.34. The molecule has 2 aromatic carbocycles. The van der Waals surface area contributed by atoms with Crippen molar-refractivity contribution < 1.29 is 17.9 Å². The molecule has 0 N–H and O–H groups in total. The first-order valence-corrected chi connectivity index (χ1v) is 13.5. The fourth-order valence-electron chi connectivity index (χ4n) is 5.10. The van der Waals surface area contributed by atoms with Crippen LogP contribution in [0.2, 0.25) is 0 Å². The molecule has 0 bridgehead atoms. The molecule has 2 fully saturated rings. The summed E-state index contributed by atoms with van der Waals surface area (Å²) in [5, 5.41) is 0. The second-order valence-corrected chi connectivity index (χ2v) is 11.6. The van der Waals surface area contributed by atoms with E-state index in [4.69, 9.17) is 4.74 Å². The number of carbonyl (C=O) groups is 1. The van der Waals surface area contributed by atoms with E-state index in [1.54, 1.807) is 35.7 Å². The third-order valence-corrected chi connectivity index (χ3v) is 8.60. The van der Waals surface area contributed by atoms with Gasteiger partial charge in [0.15, 0.2) is 0 Å². The lowest BCUT2D eigenvalue weighted by atomic mass is 9.94. The van der Waals surface area contributed by atoms with Gasteiger partial charge in [0.2, 0.25) is 10.0 Å². The summed E-state index contributed by atoms with van der Waals surface area (Å²) in [6.07, 6.45) is 1.88. The minimum atomic E-state index is -3.63. The molecule has 0 aromatic heterocycles. The molecule has 2 atom stereocenters. The molecule has 2 aromatic rings. The number of methoxy groups -OCH3 is 1. The van der Waals surface area contributed by atoms with E-state index < -0.39 is 10.0 Å². The minimum Gasteiger partial charge on any atom is -0.497 e. The summed E-state index contributed by atoms with van der Waals surface area (Å²) in [5.74, 6) is 1.36. The second kappa shape index (κ2) is 10.4. The zero-order chi connectivity index (χ0) is 24.3. The van der Waals surface area contributed by atoms with E-state index in [0.717, 1.165) is 37.4 Å². The van der Waals surface area contributed by atoms with E-state index in [1.807, 2.05) is 29.2 Å². The number of ether oxygens (including phenoxy) is 1. The molecule has 2 aliphatic heterocycles. The molecule has 0 aliphatic carbocycles. The number of piperidine rings is 1. The van der Waals surface area contributed by atoms with Crippen molar-refractivity contribution in [3.8, 4) is 5.75 Å². The smallest absolute Gasteiger partial charge is 0.253 e. The Labute approximate surface area is 203 Å². The van der Waals surface area contributed by atoms with Crippen LogP contribution in [-0.2, 0) is 10.0 Å². The van der Waals surface area contributed by atoms with Gasteiger partial charge in [-0.1, -0.05) is 19.9 Å². The van der Waals surface area contributed by atoms with Crippen molar-refractivity contribution in [3.05, 3.63) is 54.1 Å². The predicted molar refractivity (Wildman–Crippen MR) is 134 cm³/mol. The zero-order valence-electron chi connectivity index (χ0n) is 20.3. The van der Waals surface area contributed by atoms with Crippen molar-refractivity contribution in [2.24, 2.45) is 11.8 Å². The van der Waals surface area contributed by atoms with Gasteiger partial charge >= 0.3 is 0 Å². The SMILES string of the molecule is COc1ccc(N2CCCN(C(=O)c3cccc(S(=O)(=O)N4CC(C)CC(C)C4)c3)CC2)cc1. The van der Waals surface area contributed by atoms with Gasteiger partial charge in [-0.05, 0) is 67.1 Å². The van der Waals surface area contributed by atoms with Crippen LogP contribution in [-0.4, -0.2) is 69.9 Å². The number of anilines is 1. The lowest BCUT2D eigenvalue weighted by Crippen LogP contribution is -2.42. The van der Waals surface area contributed by atoms with Gasteiger partial charge in [-0.3, -0.25) is 4.79 Å². The van der Waals surface area contributed by atoms with Gasteiger partial charge < -0.3 is 14.5 Å². The number of amides is 1. The molecule has 2 aliphatic rings. The Morgan fingerprint density at radius 1 is 0.941 bits per heavy atom. The molecule has 7 nitrogen and oxygen atoms in total. The second-order valence-electron chi connectivity index (χ2n) is 9.63. The molecule has 184 valence electrons. The Kier molecular flexibility index (Phi) is 7.48. The van der Waals surface area contributed by atoms with Crippen molar-refractivity contribution in [3.63, 3.8) is 0 Å². The maximum absolute atomic E-state index is 13.3. The fourth-order valence-corrected chi connectivity index (χ4v) is 6.82. The zero-order valence-corrected chi connectivity index (χ0v) is 21.1. The van der Waals surface area contributed by atoms with Gasteiger partial charge in [0.25, 0.3) is 5.91 Å². The number of rotatable bonds is 5. The van der Waals surface area contributed by atoms with Crippen molar-refractivity contribution in [2.45, 2.75) is 31.6 Å². The summed E-state index contributed by atoms with van der Waals surface area (Å²) >= 11 is 0. The standard InChI is InChI=1S/C26H35N3O4S/c1-20-16-21(2)19-29(18-20)34(31,32)25-7-4-6-22(17-25)26(30)28-13-5-12-27(14-15-28)23-8-10-24(33-3)11-9-23/h4,6-11,17,20-21H,5,12-16,18-19H2,1-3H3. The van der Waals surface area contributed by atoms with E-state index in [0.29, 0.717) is 43.6 Å². The van der Waals surface area contributed by atoms with Gasteiger partial charge in [-0.15, -0.1) is 0 Å². The van der Waals surface area contributed by atoms with Crippen LogP contribution in [0.3, 0.4) is 0 Å². The van der Waals surface area contributed by atoms with Crippen molar-refractivity contribution in [1.29, 1.82) is 0 Å². The Morgan fingerprint density at radius 2 is 1.65 bits per heavy atom. The van der Waals surface area contributed by atoms with Gasteiger partial charge in [0.05, 0.1) is 12.0 Å². The van der Waals surface area contributed by atoms with Gasteiger partial charge in [-0.25, -0.2) is 8.42 Å². The molecule has 0 spiro atoms. The highest BCUT2D eigenvalue weighted by atomic mass is 32.2. The molecule has 2 unspecified atom stereocenters. The monoisotopic (exact) mass is 485 g/mol. The third-order valence-electron chi connectivity index (χ3n) is 6.77. The van der Waals surface area contributed by atoms with Crippen LogP contribution >= 0.6 is 0 Å². The number of carbonyl (C=O) groups excluding carboxylic acids is 1. The quantitative estimate of drug-likeness (QED) is 0.646. The molecular formula is C26H35N3O4S. The summed E-state index contributed by atoms with van der Waals surface area (Å²) < 4.78 is 33.5. The molecule has 0 saturated carbocycles. The van der Waals surface area contributed by atoms with Crippen molar-refractivity contribution >= 4 is 21.6 Å². The maximum Gasteiger partial charge on any atom is 0.253 e. The summed E-state index contributed by atoms with van der Waals surface area (Å²) in [4.78, 5) is 17.6. The van der Waals surface area contributed by atoms with Crippen LogP contribution < -0.4 is 9.64 Å². The van der Waals surface area contributed by atoms with Gasteiger partial charge in [-0.2, -0.15) is 4.31 Å². The summed E-state index contributed by atoms with van der Waals surface area (Å²) in [7, 11) is -1.98. The summed E-state index contributed by atoms with van der Waals surface area (Å²) in [6.45, 7) is 8.04. The van der Waals surface area contributed by atoms with E-state index >= 15 is 0 Å². The molecular weight excluding hydrogens is 450 g/mol. The number of sulfonamides is 1. The van der Waals surface area contributed by atoms with E-state index in [9.17, 15) is 13.2 Å². The van der Waals surface area contributed by atoms with Crippen LogP contribution in [0.4, 0.5) is 5.69 Å². The number of hydrogen-bond acceptors (Lipinski definition) is 5. The highest BCUT2D eigenvalue weighted by molar-refractivity contribution is 7.89. The fraction of sp³-hybridized carbons (Fsp3) is 0.500. The molecule has 2 heterocycles. The molecule has 34 heavy (non-hydrogen) atoms. The van der Waals surface area contributed by atoms with Crippen molar-refractivity contribution in [2.75, 3.05) is 51.3 Å². The highest BCUT2D eigenvalue weighted by Crippen LogP contribution is 2.27. The summed E-state index contributed by atoms with van der Waals surface area (Å²) in [6, 6.07) is 14.5. The molecule has 2 saturated heterocycles. The van der Waals surface area contributed by atoms with Gasteiger partial charge in [0, 0.05) is 50.5 Å². The van der Waals surface area contributed by atoms with E-state index in [2.05, 4.69) is 18.7 Å². The van der Waals surface area contributed by atoms with Crippen LogP contribution in [0.5, 0.6) is 5.75 Å². The minimum absolute atomic E-state index is 0.117. The maximum atomic E-state index is 13.3. The Hall–Kier alpha value is -2.58. The van der Waals surface area contributed by atoms with E-state index in [-0.39, 0.29) is 10.8 Å². The van der Waals surface area contributed by atoms with Crippen LogP contribution in [0, 0.1) is 11.8 Å². The first-order valence-electron chi connectivity index (χ1n) is 12.1. The number of hydrogen-bond donors (Lipinski definition) is 0. The molecule has 8 heteroatoms. The molecule has 1 amide bonds. The third kappa shape index (κ3) is 5.39. The Bertz CT molecular complexity index is 1090. The predicted octanol–water partition coefficient (Wildman–Crippen LogP) is 3.71. The average Bonchev–Trinajstić information content (AvgIpc) is 3.09. The first kappa shape index (κ1) is 24.5. The first-order chi connectivity index (χ1) is 16.3. The molecule has 0 radical (unpaired) electrons. The van der Waals surface area contributed by atoms with Crippen LogP contribution in [0.1, 0.15) is 37.0 Å². The normalized spacial score (nSPS) is 22.3. The number of benzene rings is 2. The van der Waals surface area contributed by atoms with Gasteiger partial charge in [0.1, 0.15) is 5.75 Å². The number of nitrogens with zero attached hydrogens (tertiary/aromatic N) is 3. The van der Waals surface area contributed by atoms with Crippen LogP contribution in [0.25, 0.3) is 0 Å². The van der Waals surface area contributed by atoms with Crippen LogP contribution in [0.15, 0.2) is 53.4 Å². The van der Waals surface area contributed by atoms with E-state index in [1.165, 1.54) is 0 Å². The Morgan fingerprint density at radius 3 is 2.32 bits per heavy atom. The Balaban J connectivity index is 1.46. The average molecular weight is 486 g/mol. The largest absolute Gasteiger partial charge is 0.497 e. The topological polar surface area (TPSA) is 70.2 Å². The lowest BCUT2D eigenvalue weighted by molar-refractivity contribution is 0.0766. The molecule has 4 rings (SSSR count).